The van der Waals surface area contributed by atoms with Crippen molar-refractivity contribution in [3.8, 4) is 11.5 Å². The molecule has 2 aromatic rings. The van der Waals surface area contributed by atoms with E-state index in [4.69, 9.17) is 4.74 Å². The van der Waals surface area contributed by atoms with Crippen molar-refractivity contribution in [2.75, 3.05) is 19.9 Å². The minimum absolute atomic E-state index is 0.000939. The van der Waals surface area contributed by atoms with Crippen LogP contribution in [0.1, 0.15) is 16.7 Å². The molecule has 0 saturated carbocycles. The van der Waals surface area contributed by atoms with E-state index in [9.17, 15) is 13.6 Å². The second-order valence-electron chi connectivity index (χ2n) is 6.09. The first-order valence-electron chi connectivity index (χ1n) is 8.38. The molecule has 7 heteroatoms. The Balaban J connectivity index is 1.86. The SMILES string of the molecule is COc1cc(CN(C)C(=O)CSCc2ccc(C)cc2)ccc1OC(F)F. The fourth-order valence-electron chi connectivity index (χ4n) is 2.42. The number of amides is 1. The number of nitrogens with zero attached hydrogens (tertiary/aromatic N) is 1. The van der Waals surface area contributed by atoms with Crippen molar-refractivity contribution in [3.05, 3.63) is 59.2 Å². The number of thioether (sulfide) groups is 1. The number of halogens is 2. The third-order valence-corrected chi connectivity index (χ3v) is 4.89. The van der Waals surface area contributed by atoms with Crippen LogP contribution in [0.15, 0.2) is 42.5 Å². The maximum atomic E-state index is 12.4. The monoisotopic (exact) mass is 395 g/mol. The van der Waals surface area contributed by atoms with Gasteiger partial charge in [-0.05, 0) is 30.2 Å². The van der Waals surface area contributed by atoms with E-state index in [1.165, 1.54) is 24.3 Å². The molecule has 0 aliphatic rings. The van der Waals surface area contributed by atoms with Crippen molar-refractivity contribution < 1.29 is 23.0 Å². The van der Waals surface area contributed by atoms with E-state index in [1.807, 2.05) is 6.92 Å². The highest BCUT2D eigenvalue weighted by atomic mass is 32.2. The number of hydrogen-bond acceptors (Lipinski definition) is 4. The molecule has 0 radical (unpaired) electrons. The van der Waals surface area contributed by atoms with Crippen LogP contribution in [0.2, 0.25) is 0 Å². The summed E-state index contributed by atoms with van der Waals surface area (Å²) < 4.78 is 34.3. The van der Waals surface area contributed by atoms with E-state index in [0.29, 0.717) is 12.3 Å². The van der Waals surface area contributed by atoms with Gasteiger partial charge in [-0.25, -0.2) is 0 Å². The molecule has 2 rings (SSSR count). The molecule has 146 valence electrons. The van der Waals surface area contributed by atoms with Gasteiger partial charge in [-0.3, -0.25) is 4.79 Å². The fourth-order valence-corrected chi connectivity index (χ4v) is 3.34. The van der Waals surface area contributed by atoms with E-state index in [1.54, 1.807) is 35.8 Å². The maximum Gasteiger partial charge on any atom is 0.387 e. The lowest BCUT2D eigenvalue weighted by atomic mass is 10.2. The molecule has 0 saturated heterocycles. The zero-order valence-corrected chi connectivity index (χ0v) is 16.4. The normalized spacial score (nSPS) is 10.7. The number of rotatable bonds is 9. The largest absolute Gasteiger partial charge is 0.493 e. The molecule has 2 aromatic carbocycles. The summed E-state index contributed by atoms with van der Waals surface area (Å²) in [6.07, 6.45) is 0. The predicted molar refractivity (Wildman–Crippen MR) is 103 cm³/mol. The molecule has 0 N–H and O–H groups in total. The molecule has 0 spiro atoms. The summed E-state index contributed by atoms with van der Waals surface area (Å²) in [6, 6.07) is 12.9. The van der Waals surface area contributed by atoms with Gasteiger partial charge in [0.1, 0.15) is 0 Å². The Morgan fingerprint density at radius 2 is 1.78 bits per heavy atom. The smallest absolute Gasteiger partial charge is 0.387 e. The van der Waals surface area contributed by atoms with Crippen LogP contribution < -0.4 is 9.47 Å². The van der Waals surface area contributed by atoms with E-state index in [0.717, 1.165) is 11.3 Å². The Kier molecular flexibility index (Phi) is 7.91. The molecule has 0 heterocycles. The molecule has 0 aliphatic carbocycles. The van der Waals surface area contributed by atoms with E-state index in [2.05, 4.69) is 29.0 Å². The Hall–Kier alpha value is -2.28. The van der Waals surface area contributed by atoms with Gasteiger partial charge < -0.3 is 14.4 Å². The summed E-state index contributed by atoms with van der Waals surface area (Å²) >= 11 is 1.56. The number of hydrogen-bond donors (Lipinski definition) is 0. The lowest BCUT2D eigenvalue weighted by Gasteiger charge is -2.18. The minimum Gasteiger partial charge on any atom is -0.493 e. The van der Waals surface area contributed by atoms with Crippen LogP contribution in [-0.2, 0) is 17.1 Å². The van der Waals surface area contributed by atoms with Crippen LogP contribution in [0.3, 0.4) is 0 Å². The summed E-state index contributed by atoms with van der Waals surface area (Å²) in [6.45, 7) is -0.522. The Morgan fingerprint density at radius 1 is 1.11 bits per heavy atom. The number of methoxy groups -OCH3 is 1. The molecular weight excluding hydrogens is 372 g/mol. The summed E-state index contributed by atoms with van der Waals surface area (Å²) in [7, 11) is 3.10. The molecular formula is C20H23F2NO3S. The van der Waals surface area contributed by atoms with Gasteiger partial charge in [0.25, 0.3) is 0 Å². The summed E-state index contributed by atoms with van der Waals surface area (Å²) in [5.41, 5.74) is 3.16. The zero-order chi connectivity index (χ0) is 19.8. The van der Waals surface area contributed by atoms with Gasteiger partial charge in [-0.2, -0.15) is 8.78 Å². The maximum absolute atomic E-state index is 12.4. The second-order valence-corrected chi connectivity index (χ2v) is 7.08. The number of aryl methyl sites for hydroxylation is 1. The first-order chi connectivity index (χ1) is 12.9. The highest BCUT2D eigenvalue weighted by molar-refractivity contribution is 7.99. The van der Waals surface area contributed by atoms with Crippen LogP contribution in [-0.4, -0.2) is 37.3 Å². The van der Waals surface area contributed by atoms with E-state index in [-0.39, 0.29) is 17.4 Å². The van der Waals surface area contributed by atoms with Crippen LogP contribution in [0.5, 0.6) is 11.5 Å². The summed E-state index contributed by atoms with van der Waals surface area (Å²) in [5.74, 6) is 1.32. The molecule has 0 unspecified atom stereocenters. The highest BCUT2D eigenvalue weighted by Gasteiger charge is 2.14. The fraction of sp³-hybridized carbons (Fsp3) is 0.350. The van der Waals surface area contributed by atoms with Crippen LogP contribution in [0.4, 0.5) is 8.78 Å². The van der Waals surface area contributed by atoms with Crippen molar-refractivity contribution in [3.63, 3.8) is 0 Å². The third-order valence-electron chi connectivity index (χ3n) is 3.90. The Morgan fingerprint density at radius 3 is 2.41 bits per heavy atom. The average Bonchev–Trinajstić information content (AvgIpc) is 2.64. The van der Waals surface area contributed by atoms with Crippen molar-refractivity contribution in [1.29, 1.82) is 0 Å². The average molecular weight is 395 g/mol. The number of carbonyl (C=O) groups is 1. The first kappa shape index (κ1) is 21.0. The van der Waals surface area contributed by atoms with Crippen molar-refractivity contribution in [2.24, 2.45) is 0 Å². The quantitative estimate of drug-likeness (QED) is 0.627. The van der Waals surface area contributed by atoms with Gasteiger partial charge in [-0.15, -0.1) is 11.8 Å². The van der Waals surface area contributed by atoms with Gasteiger partial charge in [-0.1, -0.05) is 35.9 Å². The van der Waals surface area contributed by atoms with Gasteiger partial charge >= 0.3 is 6.61 Å². The number of alkyl halides is 2. The summed E-state index contributed by atoms with van der Waals surface area (Å²) in [4.78, 5) is 13.9. The molecule has 27 heavy (non-hydrogen) atoms. The minimum atomic E-state index is -2.92. The van der Waals surface area contributed by atoms with Crippen LogP contribution >= 0.6 is 11.8 Å². The number of carbonyl (C=O) groups excluding carboxylic acids is 1. The molecule has 4 nitrogen and oxygen atoms in total. The first-order valence-corrected chi connectivity index (χ1v) is 9.53. The van der Waals surface area contributed by atoms with E-state index >= 15 is 0 Å². The van der Waals surface area contributed by atoms with Gasteiger partial charge in [0.05, 0.1) is 12.9 Å². The molecule has 0 bridgehead atoms. The van der Waals surface area contributed by atoms with Crippen LogP contribution in [0.25, 0.3) is 0 Å². The highest BCUT2D eigenvalue weighted by Crippen LogP contribution is 2.29. The van der Waals surface area contributed by atoms with E-state index < -0.39 is 6.61 Å². The molecule has 0 aliphatic heterocycles. The molecule has 0 aromatic heterocycles. The lowest BCUT2D eigenvalue weighted by molar-refractivity contribution is -0.127. The Labute approximate surface area is 162 Å². The van der Waals surface area contributed by atoms with Gasteiger partial charge in [0, 0.05) is 19.3 Å². The topological polar surface area (TPSA) is 38.8 Å². The number of ether oxygens (including phenoxy) is 2. The van der Waals surface area contributed by atoms with Crippen molar-refractivity contribution >= 4 is 17.7 Å². The van der Waals surface area contributed by atoms with Gasteiger partial charge in [0.2, 0.25) is 5.91 Å². The third kappa shape index (κ3) is 6.75. The standard InChI is InChI=1S/C20H23F2NO3S/c1-14-4-6-15(7-5-14)12-27-13-19(24)23(2)11-16-8-9-17(26-20(21)22)18(10-16)25-3/h4-10,20H,11-13H2,1-3H3. The molecule has 0 atom stereocenters. The predicted octanol–water partition coefficient (Wildman–Crippen LogP) is 4.50. The van der Waals surface area contributed by atoms with Crippen molar-refractivity contribution in [2.45, 2.75) is 25.8 Å². The summed E-state index contributed by atoms with van der Waals surface area (Å²) in [5, 5.41) is 0. The van der Waals surface area contributed by atoms with Gasteiger partial charge in [0.15, 0.2) is 11.5 Å². The Bertz CT molecular complexity index is 753. The number of benzene rings is 2. The molecule has 0 fully saturated rings. The molecule has 1 amide bonds. The van der Waals surface area contributed by atoms with Crippen molar-refractivity contribution in [1.82, 2.24) is 4.90 Å². The zero-order valence-electron chi connectivity index (χ0n) is 15.6. The van der Waals surface area contributed by atoms with Crippen LogP contribution in [0, 0.1) is 6.92 Å². The lowest BCUT2D eigenvalue weighted by Crippen LogP contribution is -2.27. The second kappa shape index (κ2) is 10.2.